The highest BCUT2D eigenvalue weighted by atomic mass is 19.1. The van der Waals surface area contributed by atoms with E-state index in [1.54, 1.807) is 46.8 Å². The Morgan fingerprint density at radius 3 is 2.32 bits per heavy atom. The van der Waals surface area contributed by atoms with E-state index in [0.717, 1.165) is 0 Å². The van der Waals surface area contributed by atoms with Crippen LogP contribution in [-0.4, -0.2) is 50.5 Å². The quantitative estimate of drug-likeness (QED) is 0.406. The van der Waals surface area contributed by atoms with E-state index in [1.807, 2.05) is 6.92 Å². The van der Waals surface area contributed by atoms with Crippen LogP contribution in [0.3, 0.4) is 0 Å². The standard InChI is InChI=1S/C29H28F2N4O3/c1-3-35-17-19(13-15-26(35)36)32-27(37)18-12-14-24-25(16-18)34(2)28(33-24)29(38,20-8-4-6-10-22(20)30)21-9-5-7-11-23(21)31/h4-12,14,16,19,38H,3,13,15,17H2,1-2H3,(H,32,37)/t19-/m0/s1. The van der Waals surface area contributed by atoms with Gasteiger partial charge in [0.05, 0.1) is 11.0 Å². The average Bonchev–Trinajstić information content (AvgIpc) is 3.26. The summed E-state index contributed by atoms with van der Waals surface area (Å²) >= 11 is 0. The first-order valence-electron chi connectivity index (χ1n) is 12.5. The molecule has 1 aromatic heterocycles. The van der Waals surface area contributed by atoms with Gasteiger partial charge in [-0.3, -0.25) is 9.59 Å². The number of benzene rings is 3. The first-order chi connectivity index (χ1) is 18.2. The fourth-order valence-electron chi connectivity index (χ4n) is 5.16. The van der Waals surface area contributed by atoms with Crippen LogP contribution in [0.25, 0.3) is 11.0 Å². The van der Waals surface area contributed by atoms with E-state index in [9.17, 15) is 14.7 Å². The van der Waals surface area contributed by atoms with Crippen LogP contribution in [0.5, 0.6) is 0 Å². The second-order valence-electron chi connectivity index (χ2n) is 9.51. The summed E-state index contributed by atoms with van der Waals surface area (Å²) in [4.78, 5) is 31.4. The third kappa shape index (κ3) is 4.32. The highest BCUT2D eigenvalue weighted by Crippen LogP contribution is 2.39. The summed E-state index contributed by atoms with van der Waals surface area (Å²) in [5.74, 6) is -1.64. The number of hydrogen-bond donors (Lipinski definition) is 2. The molecule has 1 aliphatic heterocycles. The molecule has 2 N–H and O–H groups in total. The Labute approximate surface area is 218 Å². The van der Waals surface area contributed by atoms with E-state index >= 15 is 8.78 Å². The Kier molecular flexibility index (Phi) is 6.71. The number of aryl methyl sites for hydroxylation is 1. The number of imidazole rings is 1. The van der Waals surface area contributed by atoms with Crippen molar-refractivity contribution in [3.8, 4) is 0 Å². The van der Waals surface area contributed by atoms with E-state index in [1.165, 1.54) is 36.4 Å². The zero-order chi connectivity index (χ0) is 27.0. The minimum Gasteiger partial charge on any atom is -0.373 e. The number of halogens is 2. The molecule has 0 aliphatic carbocycles. The molecule has 1 saturated heterocycles. The van der Waals surface area contributed by atoms with Gasteiger partial charge in [-0.15, -0.1) is 0 Å². The second-order valence-corrected chi connectivity index (χ2v) is 9.51. The summed E-state index contributed by atoms with van der Waals surface area (Å²) in [5, 5.41) is 15.1. The Hall–Kier alpha value is -4.11. The van der Waals surface area contributed by atoms with E-state index in [-0.39, 0.29) is 34.8 Å². The maximum absolute atomic E-state index is 15.0. The molecular weight excluding hydrogens is 490 g/mol. The first kappa shape index (κ1) is 25.5. The lowest BCUT2D eigenvalue weighted by Gasteiger charge is -2.32. The molecule has 9 heteroatoms. The highest BCUT2D eigenvalue weighted by Gasteiger charge is 2.42. The molecule has 0 radical (unpaired) electrons. The minimum absolute atomic E-state index is 0.00430. The third-order valence-corrected chi connectivity index (χ3v) is 7.21. The van der Waals surface area contributed by atoms with Crippen molar-refractivity contribution >= 4 is 22.8 Å². The fraction of sp³-hybridized carbons (Fsp3) is 0.276. The first-order valence-corrected chi connectivity index (χ1v) is 12.5. The lowest BCUT2D eigenvalue weighted by atomic mass is 9.84. The van der Waals surface area contributed by atoms with Gasteiger partial charge in [-0.25, -0.2) is 13.8 Å². The minimum atomic E-state index is -2.24. The summed E-state index contributed by atoms with van der Waals surface area (Å²) in [6.07, 6.45) is 0.949. The molecule has 3 aromatic carbocycles. The van der Waals surface area contributed by atoms with E-state index in [0.29, 0.717) is 42.5 Å². The van der Waals surface area contributed by atoms with Crippen LogP contribution in [-0.2, 0) is 17.4 Å². The summed E-state index contributed by atoms with van der Waals surface area (Å²) in [6.45, 7) is 2.94. The van der Waals surface area contributed by atoms with Crippen LogP contribution in [0.4, 0.5) is 8.78 Å². The molecule has 1 fully saturated rings. The van der Waals surface area contributed by atoms with Gasteiger partial charge in [0.25, 0.3) is 5.91 Å². The molecule has 4 aromatic rings. The Morgan fingerprint density at radius 2 is 1.71 bits per heavy atom. The number of amides is 2. The zero-order valence-electron chi connectivity index (χ0n) is 21.1. The van der Waals surface area contributed by atoms with Crippen molar-refractivity contribution in [2.45, 2.75) is 31.4 Å². The van der Waals surface area contributed by atoms with Crippen LogP contribution in [0, 0.1) is 11.6 Å². The highest BCUT2D eigenvalue weighted by molar-refractivity contribution is 5.97. The van der Waals surface area contributed by atoms with Crippen molar-refractivity contribution in [2.24, 2.45) is 7.05 Å². The molecular formula is C29H28F2N4O3. The van der Waals surface area contributed by atoms with E-state index in [4.69, 9.17) is 0 Å². The van der Waals surface area contributed by atoms with Gasteiger partial charge in [0.2, 0.25) is 5.91 Å². The molecule has 0 bridgehead atoms. The fourth-order valence-corrected chi connectivity index (χ4v) is 5.16. The van der Waals surface area contributed by atoms with Crippen molar-refractivity contribution in [1.82, 2.24) is 19.8 Å². The summed E-state index contributed by atoms with van der Waals surface area (Å²) < 4.78 is 31.6. The summed E-state index contributed by atoms with van der Waals surface area (Å²) in [7, 11) is 1.63. The van der Waals surface area contributed by atoms with Crippen molar-refractivity contribution in [1.29, 1.82) is 0 Å². The summed E-state index contributed by atoms with van der Waals surface area (Å²) in [5.41, 5.74) is -1.21. The number of likely N-dealkylation sites (N-methyl/N-ethyl adjacent to an activating group) is 1. The van der Waals surface area contributed by atoms with Gasteiger partial charge in [-0.2, -0.15) is 0 Å². The smallest absolute Gasteiger partial charge is 0.251 e. The SMILES string of the molecule is CCN1C[C@@H](NC(=O)c2ccc3nc(C(O)(c4ccccc4F)c4ccccc4F)n(C)c3c2)CCC1=O. The van der Waals surface area contributed by atoms with Gasteiger partial charge in [0.1, 0.15) is 11.6 Å². The average molecular weight is 519 g/mol. The number of nitrogens with zero attached hydrogens (tertiary/aromatic N) is 3. The molecule has 5 rings (SSSR count). The number of aromatic nitrogens is 2. The molecule has 7 nitrogen and oxygen atoms in total. The molecule has 2 amide bonds. The Balaban J connectivity index is 1.55. The van der Waals surface area contributed by atoms with Gasteiger partial charge in [0.15, 0.2) is 11.4 Å². The maximum atomic E-state index is 15.0. The second kappa shape index (κ2) is 9.98. The van der Waals surface area contributed by atoms with Gasteiger partial charge in [-0.05, 0) is 43.7 Å². The molecule has 0 spiro atoms. The number of likely N-dealkylation sites (tertiary alicyclic amines) is 1. The molecule has 1 aliphatic rings. The third-order valence-electron chi connectivity index (χ3n) is 7.21. The number of rotatable bonds is 6. The van der Waals surface area contributed by atoms with Crippen LogP contribution in [0.2, 0.25) is 0 Å². The number of nitrogens with one attached hydrogen (secondary N) is 1. The number of fused-ring (bicyclic) bond motifs is 1. The maximum Gasteiger partial charge on any atom is 0.251 e. The predicted molar refractivity (Wildman–Crippen MR) is 138 cm³/mol. The van der Waals surface area contributed by atoms with Crippen molar-refractivity contribution in [3.63, 3.8) is 0 Å². The van der Waals surface area contributed by atoms with Gasteiger partial charge < -0.3 is 19.9 Å². The Bertz CT molecular complexity index is 1490. The predicted octanol–water partition coefficient (Wildman–Crippen LogP) is 3.88. The van der Waals surface area contributed by atoms with E-state index < -0.39 is 17.2 Å². The van der Waals surface area contributed by atoms with Crippen LogP contribution in [0.15, 0.2) is 66.7 Å². The van der Waals surface area contributed by atoms with Crippen molar-refractivity contribution in [2.75, 3.05) is 13.1 Å². The molecule has 1 atom stereocenters. The lowest BCUT2D eigenvalue weighted by molar-refractivity contribution is -0.133. The van der Waals surface area contributed by atoms with Crippen LogP contribution < -0.4 is 5.32 Å². The molecule has 38 heavy (non-hydrogen) atoms. The molecule has 0 saturated carbocycles. The zero-order valence-corrected chi connectivity index (χ0v) is 21.1. The number of piperidine rings is 1. The van der Waals surface area contributed by atoms with Gasteiger partial charge in [-0.1, -0.05) is 36.4 Å². The normalized spacial score (nSPS) is 16.2. The Morgan fingerprint density at radius 1 is 1.08 bits per heavy atom. The molecule has 0 unspecified atom stereocenters. The van der Waals surface area contributed by atoms with Crippen molar-refractivity contribution in [3.05, 3.63) is 101 Å². The number of carbonyl (C=O) groups is 2. The summed E-state index contributed by atoms with van der Waals surface area (Å²) in [6, 6.07) is 16.0. The molecule has 2 heterocycles. The lowest BCUT2D eigenvalue weighted by Crippen LogP contribution is -2.49. The van der Waals surface area contributed by atoms with Crippen molar-refractivity contribution < 1.29 is 23.5 Å². The monoisotopic (exact) mass is 518 g/mol. The van der Waals surface area contributed by atoms with Crippen LogP contribution in [0.1, 0.15) is 47.1 Å². The molecule has 196 valence electrons. The topological polar surface area (TPSA) is 87.5 Å². The van der Waals surface area contributed by atoms with E-state index in [2.05, 4.69) is 10.3 Å². The number of carbonyl (C=O) groups excluding carboxylic acids is 2. The number of hydrogen-bond acceptors (Lipinski definition) is 4. The number of aliphatic hydroxyl groups is 1. The van der Waals surface area contributed by atoms with Gasteiger partial charge in [0, 0.05) is 49.3 Å². The van der Waals surface area contributed by atoms with Gasteiger partial charge >= 0.3 is 0 Å². The largest absolute Gasteiger partial charge is 0.373 e. The van der Waals surface area contributed by atoms with Crippen LogP contribution >= 0.6 is 0 Å².